The number of nitrogens with one attached hydrogen (secondary N) is 1. The van der Waals surface area contributed by atoms with Gasteiger partial charge in [0, 0.05) is 6.04 Å². The van der Waals surface area contributed by atoms with Crippen molar-refractivity contribution < 1.29 is 4.74 Å². The zero-order valence-corrected chi connectivity index (χ0v) is 11.7. The molecule has 2 heteroatoms. The Hall–Kier alpha value is -1.02. The Morgan fingerprint density at radius 1 is 1.22 bits per heavy atom. The Balaban J connectivity index is 1.88. The van der Waals surface area contributed by atoms with Crippen LogP contribution in [0.1, 0.15) is 44.2 Å². The Kier molecular flexibility index (Phi) is 5.06. The van der Waals surface area contributed by atoms with Gasteiger partial charge in [-0.15, -0.1) is 0 Å². The van der Waals surface area contributed by atoms with Gasteiger partial charge in [-0.05, 0) is 55.5 Å². The summed E-state index contributed by atoms with van der Waals surface area (Å²) in [5.41, 5.74) is 3.00. The van der Waals surface area contributed by atoms with Crippen molar-refractivity contribution in [3.8, 4) is 5.75 Å². The van der Waals surface area contributed by atoms with E-state index in [1.165, 1.54) is 43.2 Å². The molecule has 0 amide bonds. The molecule has 1 unspecified atom stereocenters. The summed E-state index contributed by atoms with van der Waals surface area (Å²) in [6.45, 7) is 6.16. The van der Waals surface area contributed by atoms with Gasteiger partial charge in [-0.1, -0.05) is 26.3 Å². The maximum Gasteiger partial charge on any atom is 0.119 e. The highest BCUT2D eigenvalue weighted by Gasteiger charge is 2.12. The number of likely N-dealkylation sites (N-methyl/N-ethyl adjacent to an activating group) is 1. The Morgan fingerprint density at radius 3 is 2.83 bits per heavy atom. The largest absolute Gasteiger partial charge is 0.492 e. The third-order valence-corrected chi connectivity index (χ3v) is 3.65. The lowest BCUT2D eigenvalue weighted by atomic mass is 10.1. The van der Waals surface area contributed by atoms with Crippen molar-refractivity contribution in [1.29, 1.82) is 0 Å². The summed E-state index contributed by atoms with van der Waals surface area (Å²) in [6, 6.07) is 7.07. The van der Waals surface area contributed by atoms with E-state index in [-0.39, 0.29) is 0 Å². The van der Waals surface area contributed by atoms with E-state index in [1.54, 1.807) is 0 Å². The molecule has 0 aromatic heterocycles. The number of ether oxygens (including phenoxy) is 1. The van der Waals surface area contributed by atoms with Gasteiger partial charge < -0.3 is 10.1 Å². The normalized spacial score (nSPS) is 15.4. The fourth-order valence-corrected chi connectivity index (χ4v) is 2.72. The number of rotatable bonds is 7. The molecular weight excluding hydrogens is 222 g/mol. The molecule has 0 saturated heterocycles. The van der Waals surface area contributed by atoms with Gasteiger partial charge in [0.25, 0.3) is 0 Å². The number of hydrogen-bond acceptors (Lipinski definition) is 2. The number of hydrogen-bond donors (Lipinski definition) is 1. The van der Waals surface area contributed by atoms with Crippen LogP contribution >= 0.6 is 0 Å². The molecule has 1 aliphatic carbocycles. The first-order chi connectivity index (χ1) is 8.83. The molecule has 2 rings (SSSR count). The summed E-state index contributed by atoms with van der Waals surface area (Å²) in [5.74, 6) is 1.04. The van der Waals surface area contributed by atoms with Crippen molar-refractivity contribution >= 4 is 0 Å². The van der Waals surface area contributed by atoms with Crippen LogP contribution in [0, 0.1) is 0 Å². The second-order valence-corrected chi connectivity index (χ2v) is 5.14. The molecule has 1 N–H and O–H groups in total. The fourth-order valence-electron chi connectivity index (χ4n) is 2.72. The molecule has 1 atom stereocenters. The number of benzene rings is 1. The molecular formula is C16H25NO. The van der Waals surface area contributed by atoms with Gasteiger partial charge in [-0.3, -0.25) is 0 Å². The van der Waals surface area contributed by atoms with Crippen LogP contribution in [-0.4, -0.2) is 19.2 Å². The molecule has 1 aliphatic rings. The maximum absolute atomic E-state index is 5.94. The summed E-state index contributed by atoms with van der Waals surface area (Å²) < 4.78 is 5.94. The van der Waals surface area contributed by atoms with E-state index in [0.29, 0.717) is 6.04 Å². The van der Waals surface area contributed by atoms with Gasteiger partial charge >= 0.3 is 0 Å². The van der Waals surface area contributed by atoms with Gasteiger partial charge in [-0.25, -0.2) is 0 Å². The predicted molar refractivity (Wildman–Crippen MR) is 76.3 cm³/mol. The zero-order valence-electron chi connectivity index (χ0n) is 11.7. The third kappa shape index (κ3) is 3.49. The number of aryl methyl sites for hydroxylation is 2. The molecule has 0 spiro atoms. The van der Waals surface area contributed by atoms with Crippen molar-refractivity contribution in [1.82, 2.24) is 5.32 Å². The molecule has 1 aromatic rings. The molecule has 0 radical (unpaired) electrons. The maximum atomic E-state index is 5.94. The van der Waals surface area contributed by atoms with Crippen molar-refractivity contribution in [3.63, 3.8) is 0 Å². The molecule has 0 aliphatic heterocycles. The zero-order chi connectivity index (χ0) is 12.8. The van der Waals surface area contributed by atoms with E-state index < -0.39 is 0 Å². The van der Waals surface area contributed by atoms with Crippen LogP contribution in [0.15, 0.2) is 18.2 Å². The SMILES string of the molecule is CCCC(COc1ccc2c(c1)CCC2)NCC. The molecule has 0 heterocycles. The first kappa shape index (κ1) is 13.4. The lowest BCUT2D eigenvalue weighted by Crippen LogP contribution is -2.34. The van der Waals surface area contributed by atoms with Crippen molar-refractivity contribution in [3.05, 3.63) is 29.3 Å². The minimum Gasteiger partial charge on any atom is -0.492 e. The monoisotopic (exact) mass is 247 g/mol. The smallest absolute Gasteiger partial charge is 0.119 e. The summed E-state index contributed by atoms with van der Waals surface area (Å²) in [7, 11) is 0. The van der Waals surface area contributed by atoms with Crippen LogP contribution in [0.2, 0.25) is 0 Å². The first-order valence-corrected chi connectivity index (χ1v) is 7.31. The second kappa shape index (κ2) is 6.79. The van der Waals surface area contributed by atoms with Crippen molar-refractivity contribution in [2.24, 2.45) is 0 Å². The highest BCUT2D eigenvalue weighted by Crippen LogP contribution is 2.26. The Morgan fingerprint density at radius 2 is 2.06 bits per heavy atom. The van der Waals surface area contributed by atoms with Gasteiger partial charge in [0.2, 0.25) is 0 Å². The average Bonchev–Trinajstić information content (AvgIpc) is 2.84. The molecule has 18 heavy (non-hydrogen) atoms. The standard InChI is InChI=1S/C16H25NO/c1-3-6-15(17-4-2)12-18-16-10-9-13-7-5-8-14(13)11-16/h9-11,15,17H,3-8,12H2,1-2H3. The van der Waals surface area contributed by atoms with Gasteiger partial charge in [-0.2, -0.15) is 0 Å². The minimum atomic E-state index is 0.480. The topological polar surface area (TPSA) is 21.3 Å². The third-order valence-electron chi connectivity index (χ3n) is 3.65. The van der Waals surface area contributed by atoms with E-state index >= 15 is 0 Å². The summed E-state index contributed by atoms with van der Waals surface area (Å²) in [5, 5.41) is 3.48. The van der Waals surface area contributed by atoms with Crippen LogP contribution < -0.4 is 10.1 Å². The summed E-state index contributed by atoms with van der Waals surface area (Å²) >= 11 is 0. The predicted octanol–water partition coefficient (Wildman–Crippen LogP) is 3.33. The Labute approximate surface area is 111 Å². The minimum absolute atomic E-state index is 0.480. The highest BCUT2D eigenvalue weighted by atomic mass is 16.5. The molecule has 2 nitrogen and oxygen atoms in total. The molecule has 0 bridgehead atoms. The van der Waals surface area contributed by atoms with E-state index in [0.717, 1.165) is 18.9 Å². The van der Waals surface area contributed by atoms with Crippen LogP contribution in [0.25, 0.3) is 0 Å². The molecule has 100 valence electrons. The van der Waals surface area contributed by atoms with Crippen molar-refractivity contribution in [2.45, 2.75) is 52.0 Å². The first-order valence-electron chi connectivity index (χ1n) is 7.31. The quantitative estimate of drug-likeness (QED) is 0.798. The van der Waals surface area contributed by atoms with E-state index in [1.807, 2.05) is 0 Å². The van der Waals surface area contributed by atoms with Crippen LogP contribution in [-0.2, 0) is 12.8 Å². The summed E-state index contributed by atoms with van der Waals surface area (Å²) in [6.07, 6.45) is 6.14. The average molecular weight is 247 g/mol. The van der Waals surface area contributed by atoms with E-state index in [4.69, 9.17) is 4.74 Å². The van der Waals surface area contributed by atoms with Gasteiger partial charge in [0.1, 0.15) is 12.4 Å². The lowest BCUT2D eigenvalue weighted by Gasteiger charge is -2.18. The molecule has 1 aromatic carbocycles. The lowest BCUT2D eigenvalue weighted by molar-refractivity contribution is 0.257. The van der Waals surface area contributed by atoms with Crippen LogP contribution in [0.5, 0.6) is 5.75 Å². The van der Waals surface area contributed by atoms with Crippen LogP contribution in [0.4, 0.5) is 0 Å². The fraction of sp³-hybridized carbons (Fsp3) is 0.625. The second-order valence-electron chi connectivity index (χ2n) is 5.14. The van der Waals surface area contributed by atoms with Crippen LogP contribution in [0.3, 0.4) is 0 Å². The molecule has 0 saturated carbocycles. The van der Waals surface area contributed by atoms with E-state index in [2.05, 4.69) is 37.4 Å². The van der Waals surface area contributed by atoms with Crippen molar-refractivity contribution in [2.75, 3.05) is 13.2 Å². The summed E-state index contributed by atoms with van der Waals surface area (Å²) in [4.78, 5) is 0. The van der Waals surface area contributed by atoms with Gasteiger partial charge in [0.15, 0.2) is 0 Å². The van der Waals surface area contributed by atoms with Gasteiger partial charge in [0.05, 0.1) is 0 Å². The highest BCUT2D eigenvalue weighted by molar-refractivity contribution is 5.38. The molecule has 0 fully saturated rings. The Bertz CT molecular complexity index is 369. The number of fused-ring (bicyclic) bond motifs is 1. The van der Waals surface area contributed by atoms with E-state index in [9.17, 15) is 0 Å².